The van der Waals surface area contributed by atoms with Crippen LogP contribution in [-0.4, -0.2) is 51.6 Å². The number of hydrogen-bond donors (Lipinski definition) is 1. The Labute approximate surface area is 195 Å². The summed E-state index contributed by atoms with van der Waals surface area (Å²) in [5, 5.41) is 21.9. The summed E-state index contributed by atoms with van der Waals surface area (Å²) >= 11 is 0. The number of carbonyl (C=O) groups is 1. The van der Waals surface area contributed by atoms with Crippen molar-refractivity contribution in [1.29, 1.82) is 0 Å². The lowest BCUT2D eigenvalue weighted by Crippen LogP contribution is -2.44. The normalized spacial score (nSPS) is 17.0. The molecule has 1 unspecified atom stereocenters. The second kappa shape index (κ2) is 8.99. The van der Waals surface area contributed by atoms with E-state index in [1.54, 1.807) is 39.0 Å². The molecule has 1 aromatic carbocycles. The fourth-order valence-electron chi connectivity index (χ4n) is 4.08. The number of piperidine rings is 1. The van der Waals surface area contributed by atoms with E-state index in [-0.39, 0.29) is 34.5 Å². The number of rotatable bonds is 6. The second-order valence-electron chi connectivity index (χ2n) is 8.20. The minimum atomic E-state index is -3.85. The maximum Gasteiger partial charge on any atom is 0.269 e. The molecule has 1 fully saturated rings. The maximum atomic E-state index is 13.2. The van der Waals surface area contributed by atoms with Crippen LogP contribution in [0.1, 0.15) is 30.0 Å². The Bertz CT molecular complexity index is 1320. The van der Waals surface area contributed by atoms with Gasteiger partial charge in [0, 0.05) is 31.3 Å². The highest BCUT2D eigenvalue weighted by Gasteiger charge is 2.36. The summed E-state index contributed by atoms with van der Waals surface area (Å²) in [6.07, 6.45) is 1.06. The van der Waals surface area contributed by atoms with Crippen LogP contribution in [0.4, 0.5) is 11.5 Å². The zero-order valence-corrected chi connectivity index (χ0v) is 19.7. The number of amides is 1. The second-order valence-corrected chi connectivity index (χ2v) is 10.1. The molecule has 12 nitrogen and oxygen atoms in total. The van der Waals surface area contributed by atoms with E-state index < -0.39 is 20.9 Å². The minimum Gasteiger partial charge on any atom is -0.360 e. The van der Waals surface area contributed by atoms with Gasteiger partial charge in [-0.05, 0) is 45.7 Å². The number of nitrogens with one attached hydrogen (secondary N) is 1. The summed E-state index contributed by atoms with van der Waals surface area (Å²) in [5.74, 6) is -0.292. The molecule has 3 aromatic rings. The number of anilines is 1. The van der Waals surface area contributed by atoms with Gasteiger partial charge in [0.15, 0.2) is 5.76 Å². The minimum absolute atomic E-state index is 0.0306. The number of non-ortho nitro benzene ring substituents is 1. The molecule has 3 heterocycles. The number of hydrogen-bond acceptors (Lipinski definition) is 8. The van der Waals surface area contributed by atoms with Crippen LogP contribution in [0, 0.1) is 36.8 Å². The van der Waals surface area contributed by atoms with Crippen molar-refractivity contribution in [1.82, 2.24) is 19.2 Å². The summed E-state index contributed by atoms with van der Waals surface area (Å²) in [7, 11) is -3.85. The predicted molar refractivity (Wildman–Crippen MR) is 121 cm³/mol. The van der Waals surface area contributed by atoms with E-state index in [0.717, 1.165) is 0 Å². The Morgan fingerprint density at radius 1 is 1.24 bits per heavy atom. The SMILES string of the molecule is Cc1cc(NC(=O)C2CCCN(S(=O)(=O)c3c(C)noc3C)C2)n(-c2ccc([N+](=O)[O-])cc2)n1. The highest BCUT2D eigenvalue weighted by Crippen LogP contribution is 2.29. The fraction of sp³-hybridized carbons (Fsp3) is 0.381. The van der Waals surface area contributed by atoms with Crippen molar-refractivity contribution in [2.75, 3.05) is 18.4 Å². The third-order valence-corrected chi connectivity index (χ3v) is 7.82. The third-order valence-electron chi connectivity index (χ3n) is 5.71. The topological polar surface area (TPSA) is 153 Å². The van der Waals surface area contributed by atoms with Gasteiger partial charge in [0.1, 0.15) is 16.4 Å². The van der Waals surface area contributed by atoms with E-state index in [1.807, 2.05) is 0 Å². The van der Waals surface area contributed by atoms with E-state index >= 15 is 0 Å². The number of nitro benzene ring substituents is 1. The van der Waals surface area contributed by atoms with Crippen LogP contribution in [0.5, 0.6) is 0 Å². The quantitative estimate of drug-likeness (QED) is 0.410. The van der Waals surface area contributed by atoms with E-state index in [2.05, 4.69) is 15.6 Å². The van der Waals surface area contributed by atoms with Crippen molar-refractivity contribution >= 4 is 27.4 Å². The summed E-state index contributed by atoms with van der Waals surface area (Å²) < 4.78 is 34.1. The Kier molecular flexibility index (Phi) is 6.23. The lowest BCUT2D eigenvalue weighted by Gasteiger charge is -2.31. The molecule has 1 aliphatic heterocycles. The van der Waals surface area contributed by atoms with Crippen molar-refractivity contribution in [3.05, 3.63) is 57.6 Å². The van der Waals surface area contributed by atoms with Crippen molar-refractivity contribution in [3.8, 4) is 5.69 Å². The highest BCUT2D eigenvalue weighted by molar-refractivity contribution is 7.89. The van der Waals surface area contributed by atoms with Gasteiger partial charge in [-0.25, -0.2) is 13.1 Å². The maximum absolute atomic E-state index is 13.2. The van der Waals surface area contributed by atoms with Crippen molar-refractivity contribution in [2.24, 2.45) is 5.92 Å². The fourth-order valence-corrected chi connectivity index (χ4v) is 5.89. The number of sulfonamides is 1. The van der Waals surface area contributed by atoms with Crippen LogP contribution in [0.3, 0.4) is 0 Å². The van der Waals surface area contributed by atoms with Crippen molar-refractivity contribution in [3.63, 3.8) is 0 Å². The molecular weight excluding hydrogens is 464 g/mol. The lowest BCUT2D eigenvalue weighted by atomic mass is 9.99. The molecule has 4 rings (SSSR count). The summed E-state index contributed by atoms with van der Waals surface area (Å²) in [4.78, 5) is 23.6. The van der Waals surface area contributed by atoms with Gasteiger partial charge in [-0.1, -0.05) is 5.16 Å². The first kappa shape index (κ1) is 23.6. The zero-order valence-electron chi connectivity index (χ0n) is 18.9. The number of nitro groups is 1. The molecule has 0 spiro atoms. The molecule has 1 aliphatic rings. The van der Waals surface area contributed by atoms with E-state index in [1.165, 1.54) is 21.1 Å². The van der Waals surface area contributed by atoms with Gasteiger partial charge in [0.05, 0.1) is 22.2 Å². The lowest BCUT2D eigenvalue weighted by molar-refractivity contribution is -0.384. The van der Waals surface area contributed by atoms with E-state index in [0.29, 0.717) is 36.6 Å². The Hall–Kier alpha value is -3.58. The van der Waals surface area contributed by atoms with E-state index in [4.69, 9.17) is 4.52 Å². The van der Waals surface area contributed by atoms with Crippen LogP contribution in [0.15, 0.2) is 39.8 Å². The number of aromatic nitrogens is 3. The summed E-state index contributed by atoms with van der Waals surface area (Å²) in [6, 6.07) is 7.48. The first-order valence-electron chi connectivity index (χ1n) is 10.6. The standard InChI is InChI=1S/C21H24N6O6S/c1-13-11-19(26(23-13)17-6-8-18(9-7-17)27(29)30)22-21(28)16-5-4-10-25(12-16)34(31,32)20-14(2)24-33-15(20)3/h6-9,11,16H,4-5,10,12H2,1-3H3,(H,22,28). The van der Waals surface area contributed by atoms with Gasteiger partial charge in [0.2, 0.25) is 15.9 Å². The smallest absolute Gasteiger partial charge is 0.269 e. The molecule has 1 saturated heterocycles. The van der Waals surface area contributed by atoms with Crippen molar-refractivity contribution < 1.29 is 22.7 Å². The predicted octanol–water partition coefficient (Wildman–Crippen LogP) is 2.73. The highest BCUT2D eigenvalue weighted by atomic mass is 32.2. The monoisotopic (exact) mass is 488 g/mol. The number of nitrogens with zero attached hydrogens (tertiary/aromatic N) is 5. The molecule has 1 atom stereocenters. The largest absolute Gasteiger partial charge is 0.360 e. The average Bonchev–Trinajstić information content (AvgIpc) is 3.34. The molecule has 0 aliphatic carbocycles. The van der Waals surface area contributed by atoms with Crippen LogP contribution in [0.2, 0.25) is 0 Å². The van der Waals surface area contributed by atoms with Gasteiger partial charge in [-0.2, -0.15) is 9.40 Å². The molecule has 2 aromatic heterocycles. The number of aryl methyl sites for hydroxylation is 3. The molecule has 34 heavy (non-hydrogen) atoms. The average molecular weight is 489 g/mol. The van der Waals surface area contributed by atoms with Crippen LogP contribution in [0.25, 0.3) is 5.69 Å². The number of carbonyl (C=O) groups excluding carboxylic acids is 1. The number of benzene rings is 1. The van der Waals surface area contributed by atoms with Crippen LogP contribution in [-0.2, 0) is 14.8 Å². The molecule has 0 radical (unpaired) electrons. The van der Waals surface area contributed by atoms with Gasteiger partial charge in [0.25, 0.3) is 5.69 Å². The van der Waals surface area contributed by atoms with Gasteiger partial charge in [-0.3, -0.25) is 14.9 Å². The Balaban J connectivity index is 1.53. The first-order valence-corrected chi connectivity index (χ1v) is 12.1. The van der Waals surface area contributed by atoms with Crippen LogP contribution >= 0.6 is 0 Å². The first-order chi connectivity index (χ1) is 16.1. The summed E-state index contributed by atoms with van der Waals surface area (Å²) in [6.45, 7) is 5.21. The Morgan fingerprint density at radius 3 is 2.56 bits per heavy atom. The van der Waals surface area contributed by atoms with Crippen LogP contribution < -0.4 is 5.32 Å². The zero-order chi connectivity index (χ0) is 24.6. The Morgan fingerprint density at radius 2 is 1.94 bits per heavy atom. The van der Waals surface area contributed by atoms with E-state index in [9.17, 15) is 23.3 Å². The van der Waals surface area contributed by atoms with Gasteiger partial charge >= 0.3 is 0 Å². The molecule has 0 saturated carbocycles. The molecule has 180 valence electrons. The molecule has 13 heteroatoms. The summed E-state index contributed by atoms with van der Waals surface area (Å²) in [5.41, 5.74) is 1.41. The van der Waals surface area contributed by atoms with Gasteiger partial charge in [-0.15, -0.1) is 0 Å². The molecular formula is C21H24N6O6S. The molecule has 0 bridgehead atoms. The van der Waals surface area contributed by atoms with Gasteiger partial charge < -0.3 is 9.84 Å². The molecule has 1 N–H and O–H groups in total. The van der Waals surface area contributed by atoms with Crippen molar-refractivity contribution in [2.45, 2.75) is 38.5 Å². The molecule has 1 amide bonds. The third kappa shape index (κ3) is 4.43.